The monoisotopic (exact) mass is 408 g/mol. The first-order chi connectivity index (χ1) is 14.1. The SMILES string of the molecule is CCOc1ccc(Nc2nc(-c3ccc(C)c(Cl)c3)cn3ccnc23)cc1OC. The number of methoxy groups -OCH3 is 1. The van der Waals surface area contributed by atoms with E-state index < -0.39 is 0 Å². The molecule has 0 radical (unpaired) electrons. The van der Waals surface area contributed by atoms with E-state index in [4.69, 9.17) is 26.1 Å². The number of nitrogens with zero attached hydrogens (tertiary/aromatic N) is 3. The average molecular weight is 409 g/mol. The zero-order valence-electron chi connectivity index (χ0n) is 16.4. The number of hydrogen-bond acceptors (Lipinski definition) is 5. The molecule has 148 valence electrons. The van der Waals surface area contributed by atoms with Crippen LogP contribution in [-0.4, -0.2) is 28.1 Å². The number of fused-ring (bicyclic) bond motifs is 1. The number of halogens is 1. The summed E-state index contributed by atoms with van der Waals surface area (Å²) in [7, 11) is 1.62. The molecule has 0 saturated heterocycles. The highest BCUT2D eigenvalue weighted by molar-refractivity contribution is 6.31. The van der Waals surface area contributed by atoms with Gasteiger partial charge in [-0.1, -0.05) is 23.7 Å². The molecule has 2 heterocycles. The molecule has 6 nitrogen and oxygen atoms in total. The molecule has 0 bridgehead atoms. The molecular weight excluding hydrogens is 388 g/mol. The number of aryl methyl sites for hydroxylation is 1. The largest absolute Gasteiger partial charge is 0.493 e. The van der Waals surface area contributed by atoms with Gasteiger partial charge in [0.25, 0.3) is 0 Å². The fourth-order valence-corrected chi connectivity index (χ4v) is 3.24. The lowest BCUT2D eigenvalue weighted by atomic mass is 10.1. The van der Waals surface area contributed by atoms with E-state index in [1.807, 2.05) is 67.0 Å². The maximum absolute atomic E-state index is 6.32. The summed E-state index contributed by atoms with van der Waals surface area (Å²) in [4.78, 5) is 9.23. The van der Waals surface area contributed by atoms with Crippen molar-refractivity contribution in [2.24, 2.45) is 0 Å². The topological polar surface area (TPSA) is 60.7 Å². The third-order valence-corrected chi connectivity index (χ3v) is 4.98. The molecule has 0 unspecified atom stereocenters. The van der Waals surface area contributed by atoms with Crippen LogP contribution in [0.15, 0.2) is 55.0 Å². The number of benzene rings is 2. The summed E-state index contributed by atoms with van der Waals surface area (Å²) in [5, 5.41) is 4.06. The van der Waals surface area contributed by atoms with Crippen molar-refractivity contribution < 1.29 is 9.47 Å². The normalized spacial score (nSPS) is 10.9. The third kappa shape index (κ3) is 3.84. The van der Waals surface area contributed by atoms with Crippen molar-refractivity contribution in [3.8, 4) is 22.8 Å². The lowest BCUT2D eigenvalue weighted by Gasteiger charge is -2.13. The van der Waals surface area contributed by atoms with Crippen LogP contribution in [-0.2, 0) is 0 Å². The fourth-order valence-electron chi connectivity index (χ4n) is 3.06. The lowest BCUT2D eigenvalue weighted by Crippen LogP contribution is -2.01. The van der Waals surface area contributed by atoms with Gasteiger partial charge in [0.2, 0.25) is 0 Å². The van der Waals surface area contributed by atoms with Crippen molar-refractivity contribution in [3.63, 3.8) is 0 Å². The predicted octanol–water partition coefficient (Wildman–Crippen LogP) is 5.51. The maximum atomic E-state index is 6.32. The van der Waals surface area contributed by atoms with E-state index >= 15 is 0 Å². The second kappa shape index (κ2) is 8.01. The van der Waals surface area contributed by atoms with Crippen LogP contribution >= 0.6 is 11.6 Å². The van der Waals surface area contributed by atoms with Gasteiger partial charge in [-0.15, -0.1) is 0 Å². The first-order valence-corrected chi connectivity index (χ1v) is 9.65. The molecule has 4 aromatic rings. The Labute approximate surface area is 174 Å². The summed E-state index contributed by atoms with van der Waals surface area (Å²) in [6, 6.07) is 11.6. The predicted molar refractivity (Wildman–Crippen MR) is 116 cm³/mol. The van der Waals surface area contributed by atoms with Gasteiger partial charge in [-0.2, -0.15) is 0 Å². The zero-order valence-corrected chi connectivity index (χ0v) is 17.2. The van der Waals surface area contributed by atoms with Crippen molar-refractivity contribution in [1.29, 1.82) is 0 Å². The Morgan fingerprint density at radius 2 is 2.00 bits per heavy atom. The maximum Gasteiger partial charge on any atom is 0.180 e. The number of aromatic nitrogens is 3. The number of ether oxygens (including phenoxy) is 2. The Balaban J connectivity index is 1.75. The molecule has 0 atom stereocenters. The van der Waals surface area contributed by atoms with E-state index in [0.717, 1.165) is 28.2 Å². The number of nitrogens with one attached hydrogen (secondary N) is 1. The summed E-state index contributed by atoms with van der Waals surface area (Å²) in [5.41, 5.74) is 4.29. The van der Waals surface area contributed by atoms with Crippen LogP contribution in [0, 0.1) is 6.92 Å². The van der Waals surface area contributed by atoms with Gasteiger partial charge in [0.15, 0.2) is 23.0 Å². The van der Waals surface area contributed by atoms with Crippen LogP contribution in [0.1, 0.15) is 12.5 Å². The zero-order chi connectivity index (χ0) is 20.4. The molecule has 1 N–H and O–H groups in total. The van der Waals surface area contributed by atoms with Gasteiger partial charge in [-0.25, -0.2) is 9.97 Å². The number of hydrogen-bond donors (Lipinski definition) is 1. The van der Waals surface area contributed by atoms with Crippen LogP contribution in [0.4, 0.5) is 11.5 Å². The summed E-state index contributed by atoms with van der Waals surface area (Å²) in [6.45, 7) is 4.48. The molecule has 0 amide bonds. The summed E-state index contributed by atoms with van der Waals surface area (Å²) in [6.07, 6.45) is 5.57. The molecule has 0 spiro atoms. The Bertz CT molecular complexity index is 1170. The quantitative estimate of drug-likeness (QED) is 0.456. The van der Waals surface area contributed by atoms with E-state index in [-0.39, 0.29) is 0 Å². The second-order valence-corrected chi connectivity index (χ2v) is 6.93. The minimum atomic E-state index is 0.570. The molecular formula is C22H21ClN4O2. The highest BCUT2D eigenvalue weighted by Crippen LogP contribution is 2.32. The van der Waals surface area contributed by atoms with Crippen LogP contribution in [0.2, 0.25) is 5.02 Å². The molecule has 4 rings (SSSR count). The Hall–Kier alpha value is -3.25. The van der Waals surface area contributed by atoms with E-state index in [0.29, 0.717) is 28.9 Å². The summed E-state index contributed by atoms with van der Waals surface area (Å²) >= 11 is 6.32. The van der Waals surface area contributed by atoms with Crippen molar-refractivity contribution in [3.05, 3.63) is 65.6 Å². The van der Waals surface area contributed by atoms with Gasteiger partial charge in [0, 0.05) is 40.9 Å². The molecule has 7 heteroatoms. The molecule has 2 aromatic heterocycles. The molecule has 29 heavy (non-hydrogen) atoms. The van der Waals surface area contributed by atoms with E-state index in [9.17, 15) is 0 Å². The second-order valence-electron chi connectivity index (χ2n) is 6.52. The molecule has 0 aliphatic carbocycles. The van der Waals surface area contributed by atoms with Crippen molar-refractivity contribution in [1.82, 2.24) is 14.4 Å². The highest BCUT2D eigenvalue weighted by Gasteiger charge is 2.12. The minimum Gasteiger partial charge on any atom is -0.493 e. The standard InChI is InChI=1S/C22H21ClN4O2/c1-4-29-19-8-7-16(12-20(19)28-3)25-21-22-24-9-10-27(22)13-18(26-21)15-6-5-14(2)17(23)11-15/h5-13H,4H2,1-3H3,(H,25,26). The smallest absolute Gasteiger partial charge is 0.180 e. The highest BCUT2D eigenvalue weighted by atomic mass is 35.5. The van der Waals surface area contributed by atoms with Crippen molar-refractivity contribution in [2.75, 3.05) is 19.0 Å². The van der Waals surface area contributed by atoms with Crippen molar-refractivity contribution >= 4 is 28.8 Å². The Kier molecular flexibility index (Phi) is 5.27. The van der Waals surface area contributed by atoms with Gasteiger partial charge < -0.3 is 19.2 Å². The van der Waals surface area contributed by atoms with E-state index in [1.165, 1.54) is 0 Å². The van der Waals surface area contributed by atoms with E-state index in [1.54, 1.807) is 13.3 Å². The Morgan fingerprint density at radius 1 is 1.14 bits per heavy atom. The molecule has 0 aliphatic rings. The van der Waals surface area contributed by atoms with Gasteiger partial charge >= 0.3 is 0 Å². The van der Waals surface area contributed by atoms with Crippen molar-refractivity contribution in [2.45, 2.75) is 13.8 Å². The number of rotatable bonds is 6. The van der Waals surface area contributed by atoms with Crippen LogP contribution in [0.5, 0.6) is 11.5 Å². The fraction of sp³-hybridized carbons (Fsp3) is 0.182. The molecule has 0 fully saturated rings. The molecule has 2 aromatic carbocycles. The Morgan fingerprint density at radius 3 is 2.76 bits per heavy atom. The lowest BCUT2D eigenvalue weighted by molar-refractivity contribution is 0.311. The summed E-state index contributed by atoms with van der Waals surface area (Å²) < 4.78 is 13.0. The third-order valence-electron chi connectivity index (χ3n) is 4.57. The van der Waals surface area contributed by atoms with E-state index in [2.05, 4.69) is 10.3 Å². The first kappa shape index (κ1) is 19.1. The average Bonchev–Trinajstić information content (AvgIpc) is 3.20. The van der Waals surface area contributed by atoms with Gasteiger partial charge in [0.1, 0.15) is 0 Å². The molecule has 0 saturated carbocycles. The minimum absolute atomic E-state index is 0.570. The van der Waals surface area contributed by atoms with Crippen LogP contribution in [0.25, 0.3) is 16.9 Å². The van der Waals surface area contributed by atoms with Crippen LogP contribution < -0.4 is 14.8 Å². The summed E-state index contributed by atoms with van der Waals surface area (Å²) in [5.74, 6) is 1.98. The van der Waals surface area contributed by atoms with Crippen LogP contribution in [0.3, 0.4) is 0 Å². The number of imidazole rings is 1. The number of anilines is 2. The molecule has 0 aliphatic heterocycles. The van der Waals surface area contributed by atoms with Gasteiger partial charge in [-0.3, -0.25) is 0 Å². The van der Waals surface area contributed by atoms with Gasteiger partial charge in [-0.05, 0) is 37.6 Å². The van der Waals surface area contributed by atoms with Gasteiger partial charge in [0.05, 0.1) is 19.4 Å². The first-order valence-electron chi connectivity index (χ1n) is 9.27.